The zero-order valence-corrected chi connectivity index (χ0v) is 13.9. The molecular formula is C16H25N3OS. The Balaban J connectivity index is 2.11. The molecule has 0 aliphatic carbocycles. The van der Waals surface area contributed by atoms with Crippen LogP contribution in [-0.4, -0.2) is 59.2 Å². The van der Waals surface area contributed by atoms with E-state index in [-0.39, 0.29) is 6.10 Å². The van der Waals surface area contributed by atoms with Crippen molar-refractivity contribution in [1.82, 2.24) is 9.80 Å². The van der Waals surface area contributed by atoms with Crippen LogP contribution in [-0.2, 0) is 6.54 Å². The lowest BCUT2D eigenvalue weighted by molar-refractivity contribution is 0.169. The van der Waals surface area contributed by atoms with Crippen LogP contribution < -0.4 is 5.73 Å². The molecule has 0 radical (unpaired) electrons. The molecule has 1 aromatic carbocycles. The van der Waals surface area contributed by atoms with Crippen molar-refractivity contribution in [3.8, 4) is 0 Å². The predicted molar refractivity (Wildman–Crippen MR) is 90.4 cm³/mol. The first-order chi connectivity index (χ1) is 9.86. The lowest BCUT2D eigenvalue weighted by Gasteiger charge is -2.27. The number of rotatable bonds is 5. The number of likely N-dealkylation sites (N-methyl/N-ethyl adjacent to an activating group) is 1. The molecule has 1 heterocycles. The van der Waals surface area contributed by atoms with Gasteiger partial charge in [-0.1, -0.05) is 24.4 Å². The van der Waals surface area contributed by atoms with Crippen LogP contribution in [0.4, 0.5) is 0 Å². The van der Waals surface area contributed by atoms with Gasteiger partial charge in [0.05, 0.1) is 6.10 Å². The van der Waals surface area contributed by atoms with Crippen LogP contribution in [0.15, 0.2) is 18.2 Å². The van der Waals surface area contributed by atoms with Crippen LogP contribution >= 0.6 is 12.2 Å². The molecule has 3 N–H and O–H groups in total. The highest BCUT2D eigenvalue weighted by Gasteiger charge is 2.31. The van der Waals surface area contributed by atoms with Crippen molar-refractivity contribution < 1.29 is 5.11 Å². The number of hydrogen-bond donors (Lipinski definition) is 2. The summed E-state index contributed by atoms with van der Waals surface area (Å²) < 4.78 is 0. The lowest BCUT2D eigenvalue weighted by atomic mass is 10.0. The van der Waals surface area contributed by atoms with Crippen molar-refractivity contribution in [3.05, 3.63) is 34.9 Å². The quantitative estimate of drug-likeness (QED) is 0.799. The van der Waals surface area contributed by atoms with E-state index in [2.05, 4.69) is 36.9 Å². The molecule has 2 rings (SSSR count). The second kappa shape index (κ2) is 6.83. The highest BCUT2D eigenvalue weighted by molar-refractivity contribution is 7.80. The zero-order chi connectivity index (χ0) is 15.6. The Morgan fingerprint density at radius 3 is 2.76 bits per heavy atom. The summed E-state index contributed by atoms with van der Waals surface area (Å²) in [5.74, 6) is 0. The maximum atomic E-state index is 9.95. The minimum absolute atomic E-state index is 0.217. The number of thiocarbonyl (C=S) groups is 1. The molecular weight excluding hydrogens is 282 g/mol. The molecule has 116 valence electrons. The number of aryl methyl sites for hydroxylation is 1. The van der Waals surface area contributed by atoms with Gasteiger partial charge in [0.15, 0.2) is 0 Å². The molecule has 4 nitrogen and oxygen atoms in total. The minimum atomic E-state index is -0.217. The molecule has 2 unspecified atom stereocenters. The first-order valence-corrected chi connectivity index (χ1v) is 7.74. The number of nitrogens with zero attached hydrogens (tertiary/aromatic N) is 2. The molecule has 21 heavy (non-hydrogen) atoms. The van der Waals surface area contributed by atoms with Gasteiger partial charge in [-0.05, 0) is 44.6 Å². The molecule has 0 aromatic heterocycles. The van der Waals surface area contributed by atoms with Gasteiger partial charge in [-0.15, -0.1) is 0 Å². The Bertz CT molecular complexity index is 518. The van der Waals surface area contributed by atoms with Gasteiger partial charge in [-0.2, -0.15) is 0 Å². The Morgan fingerprint density at radius 1 is 1.48 bits per heavy atom. The lowest BCUT2D eigenvalue weighted by Crippen LogP contribution is -2.37. The van der Waals surface area contributed by atoms with E-state index in [0.29, 0.717) is 11.0 Å². The summed E-state index contributed by atoms with van der Waals surface area (Å²) in [6.07, 6.45) is 0.633. The Kier molecular flexibility index (Phi) is 5.32. The molecule has 1 aliphatic heterocycles. The predicted octanol–water partition coefficient (Wildman–Crippen LogP) is 1.13. The molecule has 1 aromatic rings. The van der Waals surface area contributed by atoms with Crippen molar-refractivity contribution in [2.24, 2.45) is 5.73 Å². The average molecular weight is 307 g/mol. The van der Waals surface area contributed by atoms with Crippen molar-refractivity contribution in [1.29, 1.82) is 0 Å². The number of aliphatic hydroxyl groups is 1. The molecule has 1 saturated heterocycles. The highest BCUT2D eigenvalue weighted by Crippen LogP contribution is 2.23. The van der Waals surface area contributed by atoms with Crippen LogP contribution in [0.5, 0.6) is 0 Å². The van der Waals surface area contributed by atoms with Crippen molar-refractivity contribution in [3.63, 3.8) is 0 Å². The molecule has 1 aliphatic rings. The number of hydrogen-bond acceptors (Lipinski definition) is 4. The Morgan fingerprint density at radius 2 is 2.19 bits per heavy atom. The summed E-state index contributed by atoms with van der Waals surface area (Å²) in [4.78, 5) is 4.98. The van der Waals surface area contributed by atoms with E-state index in [0.717, 1.165) is 31.6 Å². The van der Waals surface area contributed by atoms with Gasteiger partial charge >= 0.3 is 0 Å². The normalized spacial score (nSPS) is 22.9. The smallest absolute Gasteiger partial charge is 0.103 e. The summed E-state index contributed by atoms with van der Waals surface area (Å²) in [5.41, 5.74) is 9.06. The van der Waals surface area contributed by atoms with Crippen molar-refractivity contribution >= 4 is 17.2 Å². The van der Waals surface area contributed by atoms with Crippen LogP contribution in [0.1, 0.15) is 23.1 Å². The van der Waals surface area contributed by atoms with Crippen molar-refractivity contribution in [2.75, 3.05) is 27.2 Å². The van der Waals surface area contributed by atoms with Crippen LogP contribution in [0, 0.1) is 6.92 Å². The fraction of sp³-hybridized carbons (Fsp3) is 0.562. The monoisotopic (exact) mass is 307 g/mol. The van der Waals surface area contributed by atoms with E-state index in [4.69, 9.17) is 18.0 Å². The minimum Gasteiger partial charge on any atom is -0.392 e. The summed E-state index contributed by atoms with van der Waals surface area (Å²) in [6, 6.07) is 6.54. The standard InChI is InChI=1S/C16H25N3OS/c1-11-6-12(16(17)21)4-5-13(11)8-19-10-15(20)7-14(19)9-18(2)3/h4-6,14-15,20H,7-10H2,1-3H3,(H2,17,21). The number of benzene rings is 1. The van der Waals surface area contributed by atoms with Gasteiger partial charge in [-0.3, -0.25) is 4.90 Å². The van der Waals surface area contributed by atoms with Crippen LogP contribution in [0.3, 0.4) is 0 Å². The van der Waals surface area contributed by atoms with E-state index in [1.165, 1.54) is 11.1 Å². The molecule has 0 saturated carbocycles. The first-order valence-electron chi connectivity index (χ1n) is 7.33. The SMILES string of the molecule is Cc1cc(C(N)=S)ccc1CN1CC(O)CC1CN(C)C. The van der Waals surface area contributed by atoms with Gasteiger partial charge in [0.25, 0.3) is 0 Å². The largest absolute Gasteiger partial charge is 0.392 e. The molecule has 5 heteroatoms. The fourth-order valence-corrected chi connectivity index (χ4v) is 3.13. The third-order valence-electron chi connectivity index (χ3n) is 4.08. The summed E-state index contributed by atoms with van der Waals surface area (Å²) >= 11 is 5.02. The number of β-amino-alcohol motifs (C(OH)–C–C–N with tert-alkyl or cyclic N) is 1. The van der Waals surface area contributed by atoms with E-state index in [1.807, 2.05) is 12.1 Å². The second-order valence-corrected chi connectivity index (χ2v) is 6.68. The van der Waals surface area contributed by atoms with Crippen LogP contribution in [0.2, 0.25) is 0 Å². The molecule has 0 amide bonds. The van der Waals surface area contributed by atoms with Gasteiger partial charge in [-0.25, -0.2) is 0 Å². The van der Waals surface area contributed by atoms with Crippen molar-refractivity contribution in [2.45, 2.75) is 32.0 Å². The Labute approximate surface area is 132 Å². The van der Waals surface area contributed by atoms with Crippen LogP contribution in [0.25, 0.3) is 0 Å². The van der Waals surface area contributed by atoms with E-state index in [9.17, 15) is 5.11 Å². The number of aliphatic hydroxyl groups excluding tert-OH is 1. The molecule has 2 atom stereocenters. The molecule has 0 bridgehead atoms. The fourth-order valence-electron chi connectivity index (χ4n) is 3.01. The molecule has 1 fully saturated rings. The topological polar surface area (TPSA) is 52.7 Å². The summed E-state index contributed by atoms with van der Waals surface area (Å²) in [5, 5.41) is 9.95. The summed E-state index contributed by atoms with van der Waals surface area (Å²) in [7, 11) is 4.15. The first kappa shape index (κ1) is 16.4. The third kappa shape index (κ3) is 4.23. The third-order valence-corrected chi connectivity index (χ3v) is 4.32. The zero-order valence-electron chi connectivity index (χ0n) is 13.0. The second-order valence-electron chi connectivity index (χ2n) is 6.24. The van der Waals surface area contributed by atoms with Gasteiger partial charge in [0, 0.05) is 31.2 Å². The van der Waals surface area contributed by atoms with Gasteiger partial charge in [0.1, 0.15) is 4.99 Å². The van der Waals surface area contributed by atoms with E-state index >= 15 is 0 Å². The molecule has 0 spiro atoms. The van der Waals surface area contributed by atoms with E-state index in [1.54, 1.807) is 0 Å². The van der Waals surface area contributed by atoms with Gasteiger partial charge < -0.3 is 15.7 Å². The number of likely N-dealkylation sites (tertiary alicyclic amines) is 1. The maximum absolute atomic E-state index is 9.95. The Hall–Kier alpha value is -1.01. The van der Waals surface area contributed by atoms with Gasteiger partial charge in [0.2, 0.25) is 0 Å². The van der Waals surface area contributed by atoms with E-state index < -0.39 is 0 Å². The summed E-state index contributed by atoms with van der Waals surface area (Å²) in [6.45, 7) is 4.67. The highest BCUT2D eigenvalue weighted by atomic mass is 32.1. The maximum Gasteiger partial charge on any atom is 0.103 e. The number of nitrogens with two attached hydrogens (primary N) is 1. The average Bonchev–Trinajstić information content (AvgIpc) is 2.70.